The molecule has 1 atom stereocenters. The normalized spacial score (nSPS) is 12.2. The lowest BCUT2D eigenvalue weighted by molar-refractivity contribution is -0.137. The summed E-state index contributed by atoms with van der Waals surface area (Å²) >= 11 is 0. The van der Waals surface area contributed by atoms with Gasteiger partial charge in [-0.25, -0.2) is 8.42 Å². The number of nitrogens with one attached hydrogen (secondary N) is 1. The van der Waals surface area contributed by atoms with Crippen molar-refractivity contribution in [1.82, 2.24) is 5.32 Å². The highest BCUT2D eigenvalue weighted by Crippen LogP contribution is 2.22. The monoisotopic (exact) mass is 377 g/mol. The van der Waals surface area contributed by atoms with Crippen molar-refractivity contribution >= 4 is 21.7 Å². The molecule has 0 spiro atoms. The third-order valence-electron chi connectivity index (χ3n) is 3.73. The molecule has 2 N–H and O–H groups in total. The fourth-order valence-electron chi connectivity index (χ4n) is 2.48. The molecule has 7 nitrogen and oxygen atoms in total. The maximum absolute atomic E-state index is 12.6. The van der Waals surface area contributed by atoms with Gasteiger partial charge in [0.05, 0.1) is 30.0 Å². The van der Waals surface area contributed by atoms with Crippen molar-refractivity contribution in [1.29, 1.82) is 0 Å². The maximum Gasteiger partial charge on any atom is 0.305 e. The van der Waals surface area contributed by atoms with E-state index in [2.05, 4.69) is 5.32 Å². The number of carbonyl (C=O) groups excluding carboxylic acids is 1. The molecule has 0 aliphatic carbocycles. The first-order valence-corrected chi connectivity index (χ1v) is 9.57. The number of carbonyl (C=O) groups is 2. The second kappa shape index (κ2) is 8.01. The standard InChI is InChI=1S/C18H19NO6S/c1-25-13-9-7-12(8-10-13)15(11-17(20)21)19-18(22)14-5-3-4-6-16(14)26(2,23)24/h3-10,15H,11H2,1-2H3,(H,19,22)(H,20,21). The summed E-state index contributed by atoms with van der Waals surface area (Å²) in [7, 11) is -2.10. The Labute approximate surface area is 151 Å². The number of ether oxygens (including phenoxy) is 1. The molecule has 26 heavy (non-hydrogen) atoms. The number of carboxylic acids is 1. The maximum atomic E-state index is 12.6. The summed E-state index contributed by atoms with van der Waals surface area (Å²) in [6, 6.07) is 11.6. The second-order valence-corrected chi connectivity index (χ2v) is 7.65. The summed E-state index contributed by atoms with van der Waals surface area (Å²) in [5, 5.41) is 11.7. The first-order chi connectivity index (χ1) is 12.2. The number of sulfone groups is 1. The first kappa shape index (κ1) is 19.5. The molecular weight excluding hydrogens is 358 g/mol. The average molecular weight is 377 g/mol. The first-order valence-electron chi connectivity index (χ1n) is 7.68. The minimum atomic E-state index is -3.60. The Morgan fingerprint density at radius 3 is 2.27 bits per heavy atom. The van der Waals surface area contributed by atoms with E-state index in [1.165, 1.54) is 25.3 Å². The van der Waals surface area contributed by atoms with Crippen molar-refractivity contribution in [2.24, 2.45) is 0 Å². The van der Waals surface area contributed by atoms with Crippen LogP contribution in [0.2, 0.25) is 0 Å². The summed E-state index contributed by atoms with van der Waals surface area (Å²) < 4.78 is 28.8. The van der Waals surface area contributed by atoms with Crippen LogP contribution in [0.1, 0.15) is 28.4 Å². The zero-order chi connectivity index (χ0) is 19.3. The van der Waals surface area contributed by atoms with Crippen LogP contribution in [0.3, 0.4) is 0 Å². The van der Waals surface area contributed by atoms with Gasteiger partial charge in [0.1, 0.15) is 5.75 Å². The largest absolute Gasteiger partial charge is 0.497 e. The summed E-state index contributed by atoms with van der Waals surface area (Å²) in [6.07, 6.45) is 0.663. The summed E-state index contributed by atoms with van der Waals surface area (Å²) in [6.45, 7) is 0. The van der Waals surface area contributed by atoms with Gasteiger partial charge in [0, 0.05) is 6.26 Å². The van der Waals surface area contributed by atoms with Crippen molar-refractivity contribution < 1.29 is 27.9 Å². The molecule has 0 fully saturated rings. The van der Waals surface area contributed by atoms with Crippen LogP contribution in [-0.4, -0.2) is 38.8 Å². The van der Waals surface area contributed by atoms with E-state index in [1.54, 1.807) is 30.3 Å². The Hall–Kier alpha value is -2.87. The van der Waals surface area contributed by atoms with Gasteiger partial charge in [-0.3, -0.25) is 9.59 Å². The minimum Gasteiger partial charge on any atom is -0.497 e. The van der Waals surface area contributed by atoms with Crippen molar-refractivity contribution in [3.05, 3.63) is 59.7 Å². The Balaban J connectivity index is 2.34. The third kappa shape index (κ3) is 4.82. The van der Waals surface area contributed by atoms with E-state index in [0.717, 1.165) is 6.26 Å². The van der Waals surface area contributed by atoms with Gasteiger partial charge in [-0.1, -0.05) is 24.3 Å². The molecule has 1 amide bonds. The molecule has 0 aromatic heterocycles. The second-order valence-electron chi connectivity index (χ2n) is 5.67. The van der Waals surface area contributed by atoms with Crippen LogP contribution in [0.4, 0.5) is 0 Å². The lowest BCUT2D eigenvalue weighted by atomic mass is 10.0. The van der Waals surface area contributed by atoms with E-state index in [-0.39, 0.29) is 16.9 Å². The number of carboxylic acid groups (broad SMARTS) is 1. The van der Waals surface area contributed by atoms with Gasteiger partial charge in [-0.2, -0.15) is 0 Å². The van der Waals surface area contributed by atoms with Crippen LogP contribution in [-0.2, 0) is 14.6 Å². The molecule has 8 heteroatoms. The predicted octanol–water partition coefficient (Wildman–Crippen LogP) is 2.04. The van der Waals surface area contributed by atoms with E-state index < -0.39 is 27.8 Å². The Bertz CT molecular complexity index is 906. The highest BCUT2D eigenvalue weighted by molar-refractivity contribution is 7.90. The fourth-order valence-corrected chi connectivity index (χ4v) is 3.36. The van der Waals surface area contributed by atoms with E-state index in [4.69, 9.17) is 9.84 Å². The number of aliphatic carboxylic acids is 1. The molecule has 0 saturated heterocycles. The van der Waals surface area contributed by atoms with Gasteiger partial charge in [0.15, 0.2) is 9.84 Å². The lowest BCUT2D eigenvalue weighted by Gasteiger charge is -2.18. The smallest absolute Gasteiger partial charge is 0.305 e. The van der Waals surface area contributed by atoms with E-state index in [0.29, 0.717) is 11.3 Å². The molecule has 0 heterocycles. The number of hydrogen-bond acceptors (Lipinski definition) is 5. The van der Waals surface area contributed by atoms with Gasteiger partial charge in [-0.05, 0) is 29.8 Å². The zero-order valence-corrected chi connectivity index (χ0v) is 15.1. The molecule has 0 saturated carbocycles. The van der Waals surface area contributed by atoms with Gasteiger partial charge in [0.25, 0.3) is 5.91 Å². The highest BCUT2D eigenvalue weighted by atomic mass is 32.2. The Kier molecular flexibility index (Phi) is 5.99. The van der Waals surface area contributed by atoms with Crippen LogP contribution >= 0.6 is 0 Å². The lowest BCUT2D eigenvalue weighted by Crippen LogP contribution is -2.31. The highest BCUT2D eigenvalue weighted by Gasteiger charge is 2.23. The summed E-state index contributed by atoms with van der Waals surface area (Å²) in [5.41, 5.74) is 0.539. The Morgan fingerprint density at radius 2 is 1.73 bits per heavy atom. The third-order valence-corrected chi connectivity index (χ3v) is 4.89. The van der Waals surface area contributed by atoms with Crippen molar-refractivity contribution in [3.63, 3.8) is 0 Å². The van der Waals surface area contributed by atoms with Gasteiger partial charge in [0.2, 0.25) is 0 Å². The SMILES string of the molecule is COc1ccc(C(CC(=O)O)NC(=O)c2ccccc2S(C)(=O)=O)cc1. The minimum absolute atomic E-state index is 0.0288. The number of hydrogen-bond donors (Lipinski definition) is 2. The van der Waals surface area contributed by atoms with E-state index >= 15 is 0 Å². The predicted molar refractivity (Wildman–Crippen MR) is 95.0 cm³/mol. The van der Waals surface area contributed by atoms with Crippen molar-refractivity contribution in [2.45, 2.75) is 17.4 Å². The van der Waals surface area contributed by atoms with Crippen LogP contribution in [0.5, 0.6) is 5.75 Å². The quantitative estimate of drug-likeness (QED) is 0.764. The molecule has 0 radical (unpaired) electrons. The summed E-state index contributed by atoms with van der Waals surface area (Å²) in [4.78, 5) is 23.7. The van der Waals surface area contributed by atoms with E-state index in [1.807, 2.05) is 0 Å². The molecule has 2 rings (SSSR count). The van der Waals surface area contributed by atoms with Crippen LogP contribution in [0.25, 0.3) is 0 Å². The molecule has 138 valence electrons. The zero-order valence-electron chi connectivity index (χ0n) is 14.3. The van der Waals surface area contributed by atoms with Gasteiger partial charge >= 0.3 is 5.97 Å². The number of methoxy groups -OCH3 is 1. The fraction of sp³-hybridized carbons (Fsp3) is 0.222. The number of amides is 1. The molecule has 0 aliphatic heterocycles. The Morgan fingerprint density at radius 1 is 1.12 bits per heavy atom. The number of rotatable bonds is 7. The molecule has 0 aliphatic rings. The topological polar surface area (TPSA) is 110 Å². The molecule has 2 aromatic rings. The van der Waals surface area contributed by atoms with Crippen molar-refractivity contribution in [3.8, 4) is 5.75 Å². The molecular formula is C18H19NO6S. The van der Waals surface area contributed by atoms with Crippen molar-refractivity contribution in [2.75, 3.05) is 13.4 Å². The molecule has 0 bridgehead atoms. The van der Waals surface area contributed by atoms with Crippen LogP contribution in [0, 0.1) is 0 Å². The molecule has 2 aromatic carbocycles. The summed E-state index contributed by atoms with van der Waals surface area (Å²) in [5.74, 6) is -1.16. The van der Waals surface area contributed by atoms with Gasteiger partial charge in [-0.15, -0.1) is 0 Å². The van der Waals surface area contributed by atoms with Crippen LogP contribution in [0.15, 0.2) is 53.4 Å². The average Bonchev–Trinajstić information content (AvgIpc) is 2.60. The molecule has 1 unspecified atom stereocenters. The van der Waals surface area contributed by atoms with Crippen LogP contribution < -0.4 is 10.1 Å². The van der Waals surface area contributed by atoms with E-state index in [9.17, 15) is 18.0 Å². The number of benzene rings is 2. The van der Waals surface area contributed by atoms with Gasteiger partial charge < -0.3 is 15.2 Å².